The van der Waals surface area contributed by atoms with Crippen LogP contribution in [0.25, 0.3) is 0 Å². The zero-order valence-corrected chi connectivity index (χ0v) is 8.96. The van der Waals surface area contributed by atoms with Crippen molar-refractivity contribution in [1.82, 2.24) is 0 Å². The topological polar surface area (TPSA) is 61.8 Å². The second-order valence-corrected chi connectivity index (χ2v) is 5.16. The van der Waals surface area contributed by atoms with Gasteiger partial charge in [0.05, 0.1) is 18.8 Å². The standard InChI is InChI=1S/C7H13O5P/c1-5-7(2,3)12-13(9,11-5)6(8)10-4/h5H,1-4H3. The van der Waals surface area contributed by atoms with Gasteiger partial charge in [-0.2, -0.15) is 0 Å². The first-order valence-corrected chi connectivity index (χ1v) is 5.44. The van der Waals surface area contributed by atoms with E-state index in [1.165, 1.54) is 0 Å². The maximum atomic E-state index is 11.7. The van der Waals surface area contributed by atoms with Crippen molar-refractivity contribution in [3.63, 3.8) is 0 Å². The molecule has 0 aromatic rings. The molecule has 6 heteroatoms. The summed E-state index contributed by atoms with van der Waals surface area (Å²) in [5.74, 6) is 0. The Balaban J connectivity index is 2.89. The Bertz CT molecular complexity index is 272. The first-order chi connectivity index (χ1) is 5.82. The zero-order chi connectivity index (χ0) is 10.3. The lowest BCUT2D eigenvalue weighted by Gasteiger charge is -2.18. The zero-order valence-electron chi connectivity index (χ0n) is 8.07. The van der Waals surface area contributed by atoms with Gasteiger partial charge in [0.25, 0.3) is 0 Å². The van der Waals surface area contributed by atoms with Crippen LogP contribution in [0, 0.1) is 0 Å². The van der Waals surface area contributed by atoms with Gasteiger partial charge in [0.1, 0.15) is 0 Å². The van der Waals surface area contributed by atoms with Gasteiger partial charge in [0.2, 0.25) is 0 Å². The highest BCUT2D eigenvalue weighted by Crippen LogP contribution is 2.60. The molecule has 0 bridgehead atoms. The van der Waals surface area contributed by atoms with Crippen LogP contribution in [0.15, 0.2) is 0 Å². The molecule has 1 heterocycles. The number of hydrogen-bond acceptors (Lipinski definition) is 5. The van der Waals surface area contributed by atoms with E-state index in [9.17, 15) is 9.36 Å². The summed E-state index contributed by atoms with van der Waals surface area (Å²) < 4.78 is 26.0. The van der Waals surface area contributed by atoms with E-state index in [2.05, 4.69) is 4.74 Å². The summed E-state index contributed by atoms with van der Waals surface area (Å²) in [7, 11) is -2.56. The molecule has 0 aliphatic carbocycles. The van der Waals surface area contributed by atoms with E-state index in [4.69, 9.17) is 9.05 Å². The first-order valence-electron chi connectivity index (χ1n) is 3.89. The second kappa shape index (κ2) is 3.08. The van der Waals surface area contributed by atoms with E-state index in [0.29, 0.717) is 0 Å². The van der Waals surface area contributed by atoms with Crippen molar-refractivity contribution in [1.29, 1.82) is 0 Å². The minimum Gasteiger partial charge on any atom is -0.460 e. The lowest BCUT2D eigenvalue weighted by atomic mass is 10.0. The van der Waals surface area contributed by atoms with Crippen LogP contribution >= 0.6 is 7.60 Å². The molecule has 5 nitrogen and oxygen atoms in total. The minimum atomic E-state index is -3.70. The van der Waals surface area contributed by atoms with Crippen LogP contribution < -0.4 is 0 Å². The second-order valence-electron chi connectivity index (χ2n) is 3.41. The lowest BCUT2D eigenvalue weighted by molar-refractivity contribution is 0.0843. The van der Waals surface area contributed by atoms with Crippen LogP contribution in [0.4, 0.5) is 4.79 Å². The van der Waals surface area contributed by atoms with Gasteiger partial charge in [-0.15, -0.1) is 0 Å². The van der Waals surface area contributed by atoms with Crippen LogP contribution in [-0.4, -0.2) is 24.5 Å². The number of carbonyl (C=O) groups excluding carboxylic acids is 1. The highest BCUT2D eigenvalue weighted by Gasteiger charge is 2.53. The van der Waals surface area contributed by atoms with Gasteiger partial charge >= 0.3 is 13.3 Å². The molecule has 0 spiro atoms. The van der Waals surface area contributed by atoms with Gasteiger partial charge in [-0.1, -0.05) is 0 Å². The predicted octanol–water partition coefficient (Wildman–Crippen LogP) is 2.16. The van der Waals surface area contributed by atoms with E-state index < -0.39 is 25.0 Å². The first kappa shape index (κ1) is 10.7. The molecule has 0 saturated carbocycles. The number of carbonyl (C=O) groups is 1. The molecule has 1 aliphatic heterocycles. The molecule has 13 heavy (non-hydrogen) atoms. The Morgan fingerprint density at radius 3 is 2.38 bits per heavy atom. The molecule has 1 rings (SSSR count). The molecule has 0 aromatic heterocycles. The third-order valence-corrected chi connectivity index (χ3v) is 3.96. The fraction of sp³-hybridized carbons (Fsp3) is 0.857. The van der Waals surface area contributed by atoms with Gasteiger partial charge in [-0.05, 0) is 20.8 Å². The Hall–Kier alpha value is -0.380. The van der Waals surface area contributed by atoms with Crippen molar-refractivity contribution in [2.24, 2.45) is 0 Å². The molecule has 0 amide bonds. The molecular formula is C7H13O5P. The van der Waals surface area contributed by atoms with E-state index in [0.717, 1.165) is 7.11 Å². The molecule has 76 valence electrons. The number of hydrogen-bond donors (Lipinski definition) is 0. The van der Waals surface area contributed by atoms with Crippen molar-refractivity contribution in [3.05, 3.63) is 0 Å². The summed E-state index contributed by atoms with van der Waals surface area (Å²) in [6, 6.07) is 0. The Labute approximate surface area is 76.9 Å². The highest BCUT2D eigenvalue weighted by molar-refractivity contribution is 7.71. The summed E-state index contributed by atoms with van der Waals surface area (Å²) in [5, 5.41) is 0. The van der Waals surface area contributed by atoms with Gasteiger partial charge in [-0.3, -0.25) is 9.05 Å². The fourth-order valence-corrected chi connectivity index (χ4v) is 2.80. The van der Waals surface area contributed by atoms with Crippen LogP contribution in [0.1, 0.15) is 20.8 Å². The monoisotopic (exact) mass is 208 g/mol. The molecule has 0 N–H and O–H groups in total. The van der Waals surface area contributed by atoms with Crippen LogP contribution in [0.5, 0.6) is 0 Å². The van der Waals surface area contributed by atoms with Crippen molar-refractivity contribution < 1.29 is 23.1 Å². The van der Waals surface area contributed by atoms with Gasteiger partial charge in [0.15, 0.2) is 0 Å². The van der Waals surface area contributed by atoms with Crippen molar-refractivity contribution in [2.45, 2.75) is 32.5 Å². The van der Waals surface area contributed by atoms with E-state index in [1.807, 2.05) is 0 Å². The fourth-order valence-electron chi connectivity index (χ4n) is 0.933. The third kappa shape index (κ3) is 1.77. The lowest BCUT2D eigenvalue weighted by Crippen LogP contribution is -2.29. The van der Waals surface area contributed by atoms with Crippen molar-refractivity contribution in [3.8, 4) is 0 Å². The molecule has 0 radical (unpaired) electrons. The van der Waals surface area contributed by atoms with Crippen LogP contribution in [0.2, 0.25) is 0 Å². The van der Waals surface area contributed by atoms with Gasteiger partial charge < -0.3 is 4.74 Å². The number of rotatable bonds is 1. The largest absolute Gasteiger partial charge is 0.460 e. The molecule has 0 aromatic carbocycles. The van der Waals surface area contributed by atoms with E-state index in [1.54, 1.807) is 20.8 Å². The summed E-state index contributed by atoms with van der Waals surface area (Å²) in [5.41, 5.74) is -1.66. The molecule has 1 fully saturated rings. The van der Waals surface area contributed by atoms with Crippen molar-refractivity contribution >= 4 is 13.3 Å². The van der Waals surface area contributed by atoms with Crippen LogP contribution in [-0.2, 0) is 18.3 Å². The SMILES string of the molecule is COC(=O)P1(=O)OC(C)C(C)(C)O1. The number of ether oxygens (including phenoxy) is 1. The quantitative estimate of drug-likeness (QED) is 0.618. The van der Waals surface area contributed by atoms with Crippen molar-refractivity contribution in [2.75, 3.05) is 7.11 Å². The summed E-state index contributed by atoms with van der Waals surface area (Å²) >= 11 is 0. The molecule has 1 aliphatic rings. The molecular weight excluding hydrogens is 195 g/mol. The van der Waals surface area contributed by atoms with Gasteiger partial charge in [0, 0.05) is 0 Å². The normalized spacial score (nSPS) is 37.4. The maximum absolute atomic E-state index is 11.7. The summed E-state index contributed by atoms with van der Waals surface area (Å²) in [6.07, 6.45) is -0.391. The third-order valence-electron chi connectivity index (χ3n) is 2.03. The average Bonchev–Trinajstić information content (AvgIpc) is 2.21. The average molecular weight is 208 g/mol. The smallest absolute Gasteiger partial charge is 0.439 e. The maximum Gasteiger partial charge on any atom is 0.439 e. The highest BCUT2D eigenvalue weighted by atomic mass is 31.2. The Morgan fingerprint density at radius 1 is 1.54 bits per heavy atom. The van der Waals surface area contributed by atoms with Gasteiger partial charge in [-0.25, -0.2) is 9.36 Å². The van der Waals surface area contributed by atoms with E-state index >= 15 is 0 Å². The minimum absolute atomic E-state index is 0.391. The summed E-state index contributed by atoms with van der Waals surface area (Å²) in [6.45, 7) is 5.11. The molecule has 1 saturated heterocycles. The number of methoxy groups -OCH3 is 1. The summed E-state index contributed by atoms with van der Waals surface area (Å²) in [4.78, 5) is 11.0. The molecule has 2 unspecified atom stereocenters. The molecule has 2 atom stereocenters. The Morgan fingerprint density at radius 2 is 2.08 bits per heavy atom. The predicted molar refractivity (Wildman–Crippen MR) is 45.7 cm³/mol. The van der Waals surface area contributed by atoms with E-state index in [-0.39, 0.29) is 0 Å². The Kier molecular flexibility index (Phi) is 2.54. The van der Waals surface area contributed by atoms with Crippen LogP contribution in [0.3, 0.4) is 0 Å².